The van der Waals surface area contributed by atoms with E-state index >= 15 is 0 Å². The molecule has 0 bridgehead atoms. The summed E-state index contributed by atoms with van der Waals surface area (Å²) in [5.41, 5.74) is 0. The number of aryl methyl sites for hydroxylation is 1. The van der Waals surface area contributed by atoms with Gasteiger partial charge in [-0.15, -0.1) is 0 Å². The Bertz CT molecular complexity index is 609. The number of hydrogen-bond acceptors (Lipinski definition) is 5. The molecule has 112 valence electrons. The Morgan fingerprint density at radius 1 is 1.38 bits per heavy atom. The van der Waals surface area contributed by atoms with Gasteiger partial charge in [-0.05, 0) is 25.5 Å². The average molecular weight is 290 g/mol. The molecule has 1 amide bonds. The Morgan fingerprint density at radius 2 is 2.10 bits per heavy atom. The van der Waals surface area contributed by atoms with E-state index in [9.17, 15) is 4.79 Å². The van der Waals surface area contributed by atoms with Crippen LogP contribution >= 0.6 is 0 Å². The minimum atomic E-state index is -0.640. The number of carbonyl (C=O) groups excluding carboxylic acids is 1. The molecular weight excluding hydrogens is 272 g/mol. The molecular formula is C15H18N2O4. The number of hydrogen-bond donors (Lipinski definition) is 1. The molecule has 21 heavy (non-hydrogen) atoms. The lowest BCUT2D eigenvalue weighted by Crippen LogP contribution is -2.32. The highest BCUT2D eigenvalue weighted by Crippen LogP contribution is 2.27. The van der Waals surface area contributed by atoms with E-state index in [1.807, 2.05) is 19.1 Å². The van der Waals surface area contributed by atoms with E-state index in [2.05, 4.69) is 10.5 Å². The van der Waals surface area contributed by atoms with Gasteiger partial charge in [0, 0.05) is 6.07 Å². The Hall–Kier alpha value is -2.50. The maximum atomic E-state index is 12.2. The lowest BCUT2D eigenvalue weighted by atomic mass is 10.2. The molecule has 0 saturated heterocycles. The standard InChI is InChI=1S/C15H18N2O4/c1-4-11(15(18)16-14-9-10(2)21-17-14)20-13-8-6-5-7-12(13)19-3/h5-9,11H,4H2,1-3H3,(H,16,17,18)/t11-/m0/s1. The number of para-hydroxylation sites is 2. The van der Waals surface area contributed by atoms with Crippen LogP contribution in [0.15, 0.2) is 34.9 Å². The second kappa shape index (κ2) is 6.78. The van der Waals surface area contributed by atoms with Crippen molar-refractivity contribution in [2.24, 2.45) is 0 Å². The third-order valence-electron chi connectivity index (χ3n) is 2.88. The van der Waals surface area contributed by atoms with Crippen LogP contribution in [0, 0.1) is 6.92 Å². The van der Waals surface area contributed by atoms with Gasteiger partial charge in [0.05, 0.1) is 7.11 Å². The van der Waals surface area contributed by atoms with Gasteiger partial charge >= 0.3 is 0 Å². The fourth-order valence-electron chi connectivity index (χ4n) is 1.82. The van der Waals surface area contributed by atoms with Crippen LogP contribution in [0.1, 0.15) is 19.1 Å². The summed E-state index contributed by atoms with van der Waals surface area (Å²) >= 11 is 0. The summed E-state index contributed by atoms with van der Waals surface area (Å²) in [5, 5.41) is 6.39. The molecule has 0 saturated carbocycles. The van der Waals surface area contributed by atoms with Gasteiger partial charge in [0.1, 0.15) is 5.76 Å². The molecule has 1 aromatic heterocycles. The van der Waals surface area contributed by atoms with E-state index in [1.165, 1.54) is 0 Å². The minimum Gasteiger partial charge on any atom is -0.493 e. The van der Waals surface area contributed by atoms with E-state index in [0.717, 1.165) is 0 Å². The van der Waals surface area contributed by atoms with Crippen LogP contribution in [0.2, 0.25) is 0 Å². The predicted molar refractivity (Wildman–Crippen MR) is 77.6 cm³/mol. The summed E-state index contributed by atoms with van der Waals surface area (Å²) in [6.45, 7) is 3.62. The summed E-state index contributed by atoms with van der Waals surface area (Å²) < 4.78 is 15.8. The quantitative estimate of drug-likeness (QED) is 0.885. The molecule has 1 N–H and O–H groups in total. The number of rotatable bonds is 6. The third-order valence-corrected chi connectivity index (χ3v) is 2.88. The molecule has 0 aliphatic rings. The molecule has 0 aliphatic heterocycles. The van der Waals surface area contributed by atoms with Gasteiger partial charge in [0.25, 0.3) is 5.91 Å². The van der Waals surface area contributed by atoms with E-state index in [1.54, 1.807) is 32.2 Å². The number of nitrogens with zero attached hydrogens (tertiary/aromatic N) is 1. The highest BCUT2D eigenvalue weighted by Gasteiger charge is 2.21. The maximum absolute atomic E-state index is 12.2. The van der Waals surface area contributed by atoms with Gasteiger partial charge in [-0.3, -0.25) is 4.79 Å². The first-order chi connectivity index (χ1) is 10.1. The first-order valence-corrected chi connectivity index (χ1v) is 6.68. The number of methoxy groups -OCH3 is 1. The molecule has 2 rings (SSSR count). The molecule has 0 radical (unpaired) electrons. The van der Waals surface area contributed by atoms with Gasteiger partial charge in [-0.25, -0.2) is 0 Å². The lowest BCUT2D eigenvalue weighted by Gasteiger charge is -2.18. The fraction of sp³-hybridized carbons (Fsp3) is 0.333. The van der Waals surface area contributed by atoms with Crippen LogP contribution < -0.4 is 14.8 Å². The van der Waals surface area contributed by atoms with Crippen molar-refractivity contribution in [1.29, 1.82) is 0 Å². The molecule has 0 spiro atoms. The molecule has 0 fully saturated rings. The summed E-state index contributed by atoms with van der Waals surface area (Å²) in [6, 6.07) is 8.85. The number of benzene rings is 1. The summed E-state index contributed by atoms with van der Waals surface area (Å²) in [7, 11) is 1.56. The van der Waals surface area contributed by atoms with Gasteiger partial charge in [0.15, 0.2) is 23.4 Å². The van der Waals surface area contributed by atoms with Crippen molar-refractivity contribution in [2.45, 2.75) is 26.4 Å². The van der Waals surface area contributed by atoms with E-state index in [4.69, 9.17) is 14.0 Å². The van der Waals surface area contributed by atoms with Crippen LogP contribution in [0.25, 0.3) is 0 Å². The summed E-state index contributed by atoms with van der Waals surface area (Å²) in [6.07, 6.45) is -0.126. The van der Waals surface area contributed by atoms with Crippen LogP contribution in [-0.2, 0) is 4.79 Å². The monoisotopic (exact) mass is 290 g/mol. The van der Waals surface area contributed by atoms with Crippen molar-refractivity contribution in [3.05, 3.63) is 36.1 Å². The first-order valence-electron chi connectivity index (χ1n) is 6.68. The lowest BCUT2D eigenvalue weighted by molar-refractivity contribution is -0.122. The number of amides is 1. The van der Waals surface area contributed by atoms with Crippen molar-refractivity contribution in [3.63, 3.8) is 0 Å². The second-order valence-electron chi connectivity index (χ2n) is 4.48. The molecule has 6 heteroatoms. The third kappa shape index (κ3) is 3.75. The Balaban J connectivity index is 2.06. The zero-order valence-corrected chi connectivity index (χ0v) is 12.3. The highest BCUT2D eigenvalue weighted by atomic mass is 16.5. The van der Waals surface area contributed by atoms with E-state index in [-0.39, 0.29) is 5.91 Å². The molecule has 0 unspecified atom stereocenters. The number of aromatic nitrogens is 1. The molecule has 2 aromatic rings. The number of nitrogens with one attached hydrogen (secondary N) is 1. The van der Waals surface area contributed by atoms with Gasteiger partial charge in [-0.1, -0.05) is 24.2 Å². The summed E-state index contributed by atoms with van der Waals surface area (Å²) in [5.74, 6) is 1.83. The molecule has 0 aliphatic carbocycles. The predicted octanol–water partition coefficient (Wildman–Crippen LogP) is 2.79. The van der Waals surface area contributed by atoms with Crippen LogP contribution in [0.5, 0.6) is 11.5 Å². The zero-order chi connectivity index (χ0) is 15.2. The summed E-state index contributed by atoms with van der Waals surface area (Å²) in [4.78, 5) is 12.2. The molecule has 1 heterocycles. The van der Waals surface area contributed by atoms with Crippen LogP contribution in [-0.4, -0.2) is 24.3 Å². The van der Waals surface area contributed by atoms with E-state index < -0.39 is 6.10 Å². The molecule has 1 atom stereocenters. The fourth-order valence-corrected chi connectivity index (χ4v) is 1.82. The largest absolute Gasteiger partial charge is 0.493 e. The number of anilines is 1. The smallest absolute Gasteiger partial charge is 0.266 e. The maximum Gasteiger partial charge on any atom is 0.266 e. The Kier molecular flexibility index (Phi) is 4.81. The van der Waals surface area contributed by atoms with Gasteiger partial charge in [-0.2, -0.15) is 0 Å². The van der Waals surface area contributed by atoms with Crippen molar-refractivity contribution >= 4 is 11.7 Å². The van der Waals surface area contributed by atoms with Crippen molar-refractivity contribution in [1.82, 2.24) is 5.16 Å². The highest BCUT2D eigenvalue weighted by molar-refractivity contribution is 5.93. The van der Waals surface area contributed by atoms with Gasteiger partial charge < -0.3 is 19.3 Å². The molecule has 1 aromatic carbocycles. The van der Waals surface area contributed by atoms with Gasteiger partial charge in [0.2, 0.25) is 0 Å². The zero-order valence-electron chi connectivity index (χ0n) is 12.3. The normalized spacial score (nSPS) is 11.8. The van der Waals surface area contributed by atoms with Crippen LogP contribution in [0.3, 0.4) is 0 Å². The second-order valence-corrected chi connectivity index (χ2v) is 4.48. The topological polar surface area (TPSA) is 73.6 Å². The van der Waals surface area contributed by atoms with Crippen LogP contribution in [0.4, 0.5) is 5.82 Å². The van der Waals surface area contributed by atoms with Crippen molar-refractivity contribution in [3.8, 4) is 11.5 Å². The molecule has 6 nitrogen and oxygen atoms in total. The SMILES string of the molecule is CC[C@H](Oc1ccccc1OC)C(=O)Nc1cc(C)on1. The van der Waals surface area contributed by atoms with E-state index in [0.29, 0.717) is 29.5 Å². The Morgan fingerprint density at radius 3 is 2.67 bits per heavy atom. The number of carbonyl (C=O) groups is 1. The first kappa shape index (κ1) is 14.9. The average Bonchev–Trinajstić information content (AvgIpc) is 2.90. The van der Waals surface area contributed by atoms with Crippen molar-refractivity contribution in [2.75, 3.05) is 12.4 Å². The van der Waals surface area contributed by atoms with Crippen molar-refractivity contribution < 1.29 is 18.8 Å². The number of ether oxygens (including phenoxy) is 2. The minimum absolute atomic E-state index is 0.281. The Labute approximate surface area is 123 Å².